The number of fused-ring (bicyclic) bond motifs is 5. The number of carbonyl (C=O) groups is 7. The van der Waals surface area contributed by atoms with E-state index < -0.39 is 90.1 Å². The number of nitrogens with zero attached hydrogens (tertiary/aromatic N) is 4. The molecule has 24 nitrogen and oxygen atoms in total. The molecule has 0 spiro atoms. The average Bonchev–Trinajstić information content (AvgIpc) is 3.65. The lowest BCUT2D eigenvalue weighted by Gasteiger charge is -2.42. The minimum atomic E-state index is -1.83. The molecule has 2 aliphatic heterocycles. The topological polar surface area (TPSA) is 290 Å². The first kappa shape index (κ1) is 68.1. The highest BCUT2D eigenvalue weighted by molar-refractivity contribution is 6.35. The number of rotatable bonds is 26. The van der Waals surface area contributed by atoms with Gasteiger partial charge in [0, 0.05) is 78.5 Å². The number of halogens is 1. The Kier molecular flexibility index (Phi) is 26.9. The van der Waals surface area contributed by atoms with Crippen molar-refractivity contribution in [2.45, 2.75) is 122 Å². The number of aliphatic hydroxyl groups excluding tert-OH is 1. The number of anilines is 1. The fourth-order valence-electron chi connectivity index (χ4n) is 9.88. The van der Waals surface area contributed by atoms with Gasteiger partial charge < -0.3 is 69.0 Å². The van der Waals surface area contributed by atoms with Crippen molar-refractivity contribution in [1.29, 1.82) is 0 Å². The number of aryl methyl sites for hydroxylation is 1. The number of alkyl carbamates (subject to hydrolysis) is 1. The maximum absolute atomic E-state index is 14.2. The van der Waals surface area contributed by atoms with E-state index in [9.17, 15) is 43.8 Å². The first-order valence-corrected chi connectivity index (χ1v) is 28.6. The van der Waals surface area contributed by atoms with E-state index in [0.29, 0.717) is 30.9 Å². The number of aromatic nitrogens is 1. The zero-order chi connectivity index (χ0) is 61.7. The standard InChI is InChI=1S/C59H86ClN9O15/c1-37-14-13-17-50(80-10)59(78)35-49(84-58(77)65-59)39(3)29-38(2)47(34-54(74)68(8)45-30-41(28-37)31-48(79-9)55(45)60)83-57(76)40(4)67(7)53(73)19-24-81-26-27-82-25-22-64-56(75)46(70)33-52(72)63-21-20-62-51(71)18-23-69-43(36-66(6)61-5)32-42-15-11-12-16-44(42)69/h11-17,30-32,38-40,46-47,49-50,61,70,78H,18-29,33-36H2,1-10H3,(H,62,71)(H,63,72)(H,64,75)(H,65,77)/b17-13+,37-14+/t38-,39-,40-,46-,47-,49-,50+,59-/m0/s1. The van der Waals surface area contributed by atoms with Crippen molar-refractivity contribution >= 4 is 69.8 Å². The summed E-state index contributed by atoms with van der Waals surface area (Å²) in [5.74, 6) is -3.71. The number of amides is 6. The fraction of sp³-hybridized carbons (Fsp3) is 0.576. The number of ether oxygens (including phenoxy) is 6. The van der Waals surface area contributed by atoms with Crippen LogP contribution < -0.4 is 36.3 Å². The average molecular weight is 1200 g/mol. The van der Waals surface area contributed by atoms with E-state index in [1.165, 1.54) is 38.0 Å². The van der Waals surface area contributed by atoms with Crippen LogP contribution in [0.4, 0.5) is 10.5 Å². The molecule has 6 amide bonds. The third-order valence-electron chi connectivity index (χ3n) is 15.0. The van der Waals surface area contributed by atoms with E-state index in [1.54, 1.807) is 38.3 Å². The number of benzene rings is 2. The Morgan fingerprint density at radius 1 is 0.940 bits per heavy atom. The number of hydrogen-bond donors (Lipinski definition) is 7. The van der Waals surface area contributed by atoms with Gasteiger partial charge >= 0.3 is 12.1 Å². The quantitative estimate of drug-likeness (QED) is 0.0344. The number of nitrogens with one attached hydrogen (secondary N) is 5. The van der Waals surface area contributed by atoms with Crippen molar-refractivity contribution < 1.29 is 72.2 Å². The minimum absolute atomic E-state index is 0.00532. The Morgan fingerprint density at radius 2 is 1.64 bits per heavy atom. The van der Waals surface area contributed by atoms with Crippen molar-refractivity contribution in [3.05, 3.63) is 82.5 Å². The van der Waals surface area contributed by atoms with E-state index in [2.05, 4.69) is 37.3 Å². The van der Waals surface area contributed by atoms with Gasteiger partial charge in [0.1, 0.15) is 41.2 Å². The molecule has 5 rings (SSSR count). The second-order valence-electron chi connectivity index (χ2n) is 21.4. The molecule has 3 aromatic rings. The summed E-state index contributed by atoms with van der Waals surface area (Å²) in [6.45, 7) is 8.76. The molecule has 0 saturated carbocycles. The summed E-state index contributed by atoms with van der Waals surface area (Å²) in [7, 11) is 9.70. The molecule has 464 valence electrons. The molecular weight excluding hydrogens is 1110 g/mol. The SMILES string of the molecule is CNN(C)Cc1cc2ccccc2n1CCC(=O)NCCNC(=O)C[C@H](O)C(=O)NCCOCCOCCC(=O)N(C)[C@@H](C)C(=O)O[C@H]1CC(=O)N(C)c2cc(cc(OC)c2Cl)C/C(C)=C/C=C/[C@@H](OC)[C@@]2(O)C[C@H](OC(=O)N2)[C@@H](C)C[C@@H]1C. The maximum atomic E-state index is 14.2. The molecule has 1 aromatic heterocycles. The zero-order valence-corrected chi connectivity index (χ0v) is 50.8. The molecule has 0 aliphatic carbocycles. The molecule has 7 N–H and O–H groups in total. The summed E-state index contributed by atoms with van der Waals surface area (Å²) in [5, 5.41) is 35.8. The van der Waals surface area contributed by atoms with Crippen molar-refractivity contribution in [1.82, 2.24) is 41.2 Å². The monoisotopic (exact) mass is 1200 g/mol. The number of allylic oxidation sites excluding steroid dienone is 3. The third-order valence-corrected chi connectivity index (χ3v) is 15.4. The fourth-order valence-corrected chi connectivity index (χ4v) is 10.2. The predicted octanol–water partition coefficient (Wildman–Crippen LogP) is 3.52. The summed E-state index contributed by atoms with van der Waals surface area (Å²) in [6.07, 6.45) is 0.0710. The molecule has 0 radical (unpaired) electrons. The van der Waals surface area contributed by atoms with Gasteiger partial charge in [0.2, 0.25) is 29.5 Å². The number of aliphatic hydroxyl groups is 2. The van der Waals surface area contributed by atoms with E-state index in [1.807, 2.05) is 63.3 Å². The second kappa shape index (κ2) is 33.2. The maximum Gasteiger partial charge on any atom is 0.409 e. The van der Waals surface area contributed by atoms with Crippen LogP contribution in [0.15, 0.2) is 66.3 Å². The van der Waals surface area contributed by atoms with Crippen molar-refractivity contribution in [3.8, 4) is 5.75 Å². The molecule has 1 saturated heterocycles. The van der Waals surface area contributed by atoms with Crippen LogP contribution >= 0.6 is 11.6 Å². The molecule has 84 heavy (non-hydrogen) atoms. The van der Waals surface area contributed by atoms with Crippen LogP contribution in [0.25, 0.3) is 10.9 Å². The molecule has 2 aromatic carbocycles. The Morgan fingerprint density at radius 3 is 2.35 bits per heavy atom. The number of carbonyl (C=O) groups excluding carboxylic acids is 7. The van der Waals surface area contributed by atoms with Gasteiger partial charge in [0.05, 0.1) is 65.0 Å². The summed E-state index contributed by atoms with van der Waals surface area (Å²) >= 11 is 6.80. The second-order valence-corrected chi connectivity index (χ2v) is 21.8. The van der Waals surface area contributed by atoms with Crippen LogP contribution in [0.5, 0.6) is 5.75 Å². The number of hydrazine groups is 1. The van der Waals surface area contributed by atoms with Crippen LogP contribution in [0.1, 0.15) is 77.5 Å². The Balaban J connectivity index is 1.03. The Bertz CT molecular complexity index is 2790. The molecule has 3 heterocycles. The highest BCUT2D eigenvalue weighted by atomic mass is 35.5. The van der Waals surface area contributed by atoms with Crippen molar-refractivity contribution in [3.63, 3.8) is 0 Å². The van der Waals surface area contributed by atoms with Gasteiger partial charge in [-0.05, 0) is 80.8 Å². The Hall–Kier alpha value is -6.64. The lowest BCUT2D eigenvalue weighted by molar-refractivity contribution is -0.162. The first-order chi connectivity index (χ1) is 40.0. The predicted molar refractivity (Wildman–Crippen MR) is 314 cm³/mol. The lowest BCUT2D eigenvalue weighted by Crippen LogP contribution is -2.63. The van der Waals surface area contributed by atoms with Gasteiger partial charge in [-0.1, -0.05) is 67.4 Å². The molecule has 4 bridgehead atoms. The molecule has 8 atom stereocenters. The normalized spacial score (nSPS) is 22.2. The molecule has 2 aliphatic rings. The van der Waals surface area contributed by atoms with E-state index >= 15 is 0 Å². The smallest absolute Gasteiger partial charge is 0.409 e. The van der Waals surface area contributed by atoms with Gasteiger partial charge in [0.15, 0.2) is 5.72 Å². The van der Waals surface area contributed by atoms with Gasteiger partial charge in [0.25, 0.3) is 0 Å². The van der Waals surface area contributed by atoms with Crippen LogP contribution in [-0.4, -0.2) is 191 Å². The van der Waals surface area contributed by atoms with Crippen LogP contribution in [0.3, 0.4) is 0 Å². The van der Waals surface area contributed by atoms with Crippen molar-refractivity contribution in [2.75, 3.05) is 93.4 Å². The van der Waals surface area contributed by atoms with Crippen molar-refractivity contribution in [2.24, 2.45) is 11.8 Å². The molecule has 0 unspecified atom stereocenters. The number of hydrogen-bond acceptors (Lipinski definition) is 17. The van der Waals surface area contributed by atoms with E-state index in [4.69, 9.17) is 40.0 Å². The van der Waals surface area contributed by atoms with Gasteiger partial charge in [-0.25, -0.2) is 14.6 Å². The van der Waals surface area contributed by atoms with E-state index in [-0.39, 0.29) is 89.1 Å². The van der Waals surface area contributed by atoms with Crippen LogP contribution in [-0.2, 0) is 72.0 Å². The largest absolute Gasteiger partial charge is 0.495 e. The number of para-hydroxylation sites is 1. The first-order valence-electron chi connectivity index (χ1n) is 28.3. The third kappa shape index (κ3) is 20.0. The number of methoxy groups -OCH3 is 2. The summed E-state index contributed by atoms with van der Waals surface area (Å²) in [5.41, 5.74) is 5.41. The lowest BCUT2D eigenvalue weighted by atomic mass is 9.83. The molecule has 25 heteroatoms. The Labute approximate surface area is 496 Å². The molecular formula is C59H86ClN9O15. The molecule has 1 fully saturated rings. The van der Waals surface area contributed by atoms with Crippen LogP contribution in [0, 0.1) is 11.8 Å². The zero-order valence-electron chi connectivity index (χ0n) is 50.0. The number of esters is 1. The minimum Gasteiger partial charge on any atom is -0.495 e. The highest BCUT2D eigenvalue weighted by Gasteiger charge is 2.47. The summed E-state index contributed by atoms with van der Waals surface area (Å²) < 4.78 is 36.3. The summed E-state index contributed by atoms with van der Waals surface area (Å²) in [6, 6.07) is 12.6. The van der Waals surface area contributed by atoms with E-state index in [0.717, 1.165) is 27.7 Å². The highest BCUT2D eigenvalue weighted by Crippen LogP contribution is 2.38. The number of likely N-dealkylation sites (N-methyl/N-ethyl adjacent to an activating group) is 1. The van der Waals surface area contributed by atoms with Gasteiger partial charge in [-0.2, -0.15) is 0 Å². The van der Waals surface area contributed by atoms with Crippen LogP contribution in [0.2, 0.25) is 5.02 Å². The van der Waals surface area contributed by atoms with Gasteiger partial charge in [-0.15, -0.1) is 0 Å². The van der Waals surface area contributed by atoms with Gasteiger partial charge in [-0.3, -0.25) is 34.7 Å². The summed E-state index contributed by atoms with van der Waals surface area (Å²) in [4.78, 5) is 94.6.